The lowest BCUT2D eigenvalue weighted by Crippen LogP contribution is -2.44. The first-order valence-electron chi connectivity index (χ1n) is 6.55. The number of carbonyl (C=O) groups is 2. The van der Waals surface area contributed by atoms with Crippen LogP contribution in [0.2, 0.25) is 0 Å². The molecule has 1 heterocycles. The van der Waals surface area contributed by atoms with E-state index in [0.29, 0.717) is 11.3 Å². The molecule has 0 saturated carbocycles. The third kappa shape index (κ3) is 2.99. The summed E-state index contributed by atoms with van der Waals surface area (Å²) in [4.78, 5) is 24.0. The summed E-state index contributed by atoms with van der Waals surface area (Å²) in [6.07, 6.45) is 0.698. The number of nitrogens with one attached hydrogen (secondary N) is 1. The van der Waals surface area contributed by atoms with Gasteiger partial charge in [0.2, 0.25) is 0 Å². The highest BCUT2D eigenvalue weighted by molar-refractivity contribution is 7.20. The molecule has 20 heavy (non-hydrogen) atoms. The Labute approximate surface area is 121 Å². The van der Waals surface area contributed by atoms with Gasteiger partial charge in [-0.05, 0) is 23.4 Å². The Morgan fingerprint density at radius 3 is 2.65 bits per heavy atom. The van der Waals surface area contributed by atoms with Gasteiger partial charge in [-0.15, -0.1) is 11.3 Å². The van der Waals surface area contributed by atoms with E-state index in [1.54, 1.807) is 6.07 Å². The molecule has 5 heteroatoms. The fraction of sp³-hybridized carbons (Fsp3) is 0.333. The summed E-state index contributed by atoms with van der Waals surface area (Å²) in [6, 6.07) is 8.66. The summed E-state index contributed by atoms with van der Waals surface area (Å²) in [5.74, 6) is -1.42. The highest BCUT2D eigenvalue weighted by atomic mass is 32.1. The van der Waals surface area contributed by atoms with Crippen LogP contribution in [0.3, 0.4) is 0 Å². The van der Waals surface area contributed by atoms with Gasteiger partial charge in [0.25, 0.3) is 5.91 Å². The Bertz CT molecular complexity index is 602. The van der Waals surface area contributed by atoms with E-state index < -0.39 is 12.0 Å². The standard InChI is InChI=1S/C15H17NO3S/c1-3-9(2)13(15(18)19)16-14(17)12-8-10-6-4-5-7-11(10)20-12/h4-9,13H,3H2,1-2H3,(H,16,17)(H,18,19)/t9-,13-/m0/s1. The maximum Gasteiger partial charge on any atom is 0.326 e. The van der Waals surface area contributed by atoms with Gasteiger partial charge in [0.05, 0.1) is 4.88 Å². The molecule has 0 saturated heterocycles. The number of carbonyl (C=O) groups excluding carboxylic acids is 1. The molecule has 4 nitrogen and oxygen atoms in total. The van der Waals surface area contributed by atoms with Gasteiger partial charge >= 0.3 is 5.97 Å². The van der Waals surface area contributed by atoms with Crippen LogP contribution in [0, 0.1) is 5.92 Å². The van der Waals surface area contributed by atoms with Crippen molar-refractivity contribution < 1.29 is 14.7 Å². The quantitative estimate of drug-likeness (QED) is 0.889. The van der Waals surface area contributed by atoms with Crippen LogP contribution in [0.4, 0.5) is 0 Å². The molecule has 0 aliphatic carbocycles. The van der Waals surface area contributed by atoms with Crippen molar-refractivity contribution in [2.24, 2.45) is 5.92 Å². The zero-order chi connectivity index (χ0) is 14.7. The third-order valence-electron chi connectivity index (χ3n) is 3.41. The number of hydrogen-bond acceptors (Lipinski definition) is 3. The minimum atomic E-state index is -0.992. The fourth-order valence-corrected chi connectivity index (χ4v) is 2.96. The predicted molar refractivity (Wildman–Crippen MR) is 80.2 cm³/mol. The van der Waals surface area contributed by atoms with Crippen molar-refractivity contribution in [3.05, 3.63) is 35.2 Å². The second-order valence-electron chi connectivity index (χ2n) is 4.82. The predicted octanol–water partition coefficient (Wildman–Crippen LogP) is 3.13. The molecular formula is C15H17NO3S. The lowest BCUT2D eigenvalue weighted by atomic mass is 9.99. The number of carboxylic acids is 1. The van der Waals surface area contributed by atoms with Crippen LogP contribution in [0.15, 0.2) is 30.3 Å². The molecule has 1 aromatic heterocycles. The van der Waals surface area contributed by atoms with E-state index >= 15 is 0 Å². The van der Waals surface area contributed by atoms with Crippen molar-refractivity contribution in [2.75, 3.05) is 0 Å². The lowest BCUT2D eigenvalue weighted by molar-refractivity contribution is -0.140. The molecule has 1 amide bonds. The van der Waals surface area contributed by atoms with Crippen molar-refractivity contribution in [2.45, 2.75) is 26.3 Å². The average molecular weight is 291 g/mol. The van der Waals surface area contributed by atoms with Gasteiger partial charge in [0, 0.05) is 4.70 Å². The molecule has 0 spiro atoms. The molecule has 2 rings (SSSR count). The second-order valence-corrected chi connectivity index (χ2v) is 5.91. The van der Waals surface area contributed by atoms with Gasteiger partial charge < -0.3 is 10.4 Å². The summed E-state index contributed by atoms with van der Waals surface area (Å²) in [5.41, 5.74) is 0. The minimum absolute atomic E-state index is 0.106. The first-order valence-corrected chi connectivity index (χ1v) is 7.36. The van der Waals surface area contributed by atoms with Crippen LogP contribution in [0.1, 0.15) is 29.9 Å². The van der Waals surface area contributed by atoms with E-state index in [4.69, 9.17) is 0 Å². The van der Waals surface area contributed by atoms with Crippen molar-refractivity contribution in [1.29, 1.82) is 0 Å². The Kier molecular flexibility index (Phi) is 4.39. The van der Waals surface area contributed by atoms with Gasteiger partial charge in [0.15, 0.2) is 0 Å². The molecule has 2 atom stereocenters. The van der Waals surface area contributed by atoms with E-state index in [2.05, 4.69) is 5.32 Å². The number of fused-ring (bicyclic) bond motifs is 1. The molecular weight excluding hydrogens is 274 g/mol. The highest BCUT2D eigenvalue weighted by Crippen LogP contribution is 2.25. The number of amides is 1. The molecule has 106 valence electrons. The topological polar surface area (TPSA) is 66.4 Å². The van der Waals surface area contributed by atoms with E-state index in [-0.39, 0.29) is 11.8 Å². The van der Waals surface area contributed by atoms with Crippen LogP contribution in [0.5, 0.6) is 0 Å². The number of carboxylic acid groups (broad SMARTS) is 1. The fourth-order valence-electron chi connectivity index (χ4n) is 1.99. The Balaban J connectivity index is 2.20. The van der Waals surface area contributed by atoms with Gasteiger partial charge in [-0.3, -0.25) is 4.79 Å². The SMILES string of the molecule is CC[C@H](C)[C@H](NC(=O)c1cc2ccccc2s1)C(=O)O. The van der Waals surface area contributed by atoms with E-state index in [0.717, 1.165) is 10.1 Å². The molecule has 2 aromatic rings. The van der Waals surface area contributed by atoms with Gasteiger partial charge in [0.1, 0.15) is 6.04 Å². The summed E-state index contributed by atoms with van der Waals surface area (Å²) in [5, 5.41) is 12.8. The number of aliphatic carboxylic acids is 1. The lowest BCUT2D eigenvalue weighted by Gasteiger charge is -2.19. The molecule has 2 N–H and O–H groups in total. The van der Waals surface area contributed by atoms with Crippen LogP contribution < -0.4 is 5.32 Å². The monoisotopic (exact) mass is 291 g/mol. The maximum atomic E-state index is 12.2. The van der Waals surface area contributed by atoms with Crippen LogP contribution in [-0.4, -0.2) is 23.0 Å². The van der Waals surface area contributed by atoms with Crippen LogP contribution in [0.25, 0.3) is 10.1 Å². The number of hydrogen-bond donors (Lipinski definition) is 2. The average Bonchev–Trinajstić information content (AvgIpc) is 2.87. The Morgan fingerprint density at radius 2 is 2.05 bits per heavy atom. The summed E-state index contributed by atoms with van der Waals surface area (Å²) in [6.45, 7) is 3.73. The normalized spacial score (nSPS) is 13.9. The Morgan fingerprint density at radius 1 is 1.35 bits per heavy atom. The van der Waals surface area contributed by atoms with Gasteiger partial charge in [-0.25, -0.2) is 4.79 Å². The zero-order valence-corrected chi connectivity index (χ0v) is 12.2. The molecule has 1 aromatic carbocycles. The van der Waals surface area contributed by atoms with Gasteiger partial charge in [-0.2, -0.15) is 0 Å². The zero-order valence-electron chi connectivity index (χ0n) is 11.4. The molecule has 0 aliphatic rings. The van der Waals surface area contributed by atoms with Crippen LogP contribution in [-0.2, 0) is 4.79 Å². The number of thiophene rings is 1. The largest absolute Gasteiger partial charge is 0.480 e. The number of rotatable bonds is 5. The van der Waals surface area contributed by atoms with E-state index in [1.807, 2.05) is 38.1 Å². The van der Waals surface area contributed by atoms with Crippen molar-refractivity contribution in [3.8, 4) is 0 Å². The number of benzene rings is 1. The van der Waals surface area contributed by atoms with Crippen molar-refractivity contribution >= 4 is 33.3 Å². The summed E-state index contributed by atoms with van der Waals surface area (Å²) < 4.78 is 1.02. The van der Waals surface area contributed by atoms with Crippen LogP contribution >= 0.6 is 11.3 Å². The molecule has 0 unspecified atom stereocenters. The molecule has 0 aliphatic heterocycles. The van der Waals surface area contributed by atoms with Crippen molar-refractivity contribution in [1.82, 2.24) is 5.32 Å². The molecule has 0 fully saturated rings. The minimum Gasteiger partial charge on any atom is -0.480 e. The smallest absolute Gasteiger partial charge is 0.326 e. The molecule has 0 bridgehead atoms. The third-order valence-corrected chi connectivity index (χ3v) is 4.53. The molecule has 0 radical (unpaired) electrons. The van der Waals surface area contributed by atoms with Crippen molar-refractivity contribution in [3.63, 3.8) is 0 Å². The van der Waals surface area contributed by atoms with E-state index in [9.17, 15) is 14.7 Å². The maximum absolute atomic E-state index is 12.2. The summed E-state index contributed by atoms with van der Waals surface area (Å²) >= 11 is 1.37. The van der Waals surface area contributed by atoms with Gasteiger partial charge in [-0.1, -0.05) is 38.5 Å². The summed E-state index contributed by atoms with van der Waals surface area (Å²) in [7, 11) is 0. The highest BCUT2D eigenvalue weighted by Gasteiger charge is 2.26. The first-order chi connectivity index (χ1) is 9.52. The Hall–Kier alpha value is -1.88. The first kappa shape index (κ1) is 14.5. The van der Waals surface area contributed by atoms with E-state index in [1.165, 1.54) is 11.3 Å². The second kappa shape index (κ2) is 6.05.